The molecule has 2 aromatic rings. The molecule has 0 saturated carbocycles. The molecule has 0 spiro atoms. The lowest BCUT2D eigenvalue weighted by Crippen LogP contribution is -2.17. The molecule has 0 aliphatic heterocycles. The number of rotatable bonds is 6. The number of halogens is 2. The summed E-state index contributed by atoms with van der Waals surface area (Å²) in [5.74, 6) is -0.548. The maximum atomic E-state index is 12.3. The number of carbonyl (C=O) groups excluding carboxylic acids is 1. The van der Waals surface area contributed by atoms with Crippen molar-refractivity contribution >= 4 is 17.3 Å². The maximum Gasteiger partial charge on any atom is 0.274 e. The SMILES string of the molecule is CN(C)c1ccnc(C(=O)Nc2cccnc2OCC(F)F)c1. The first kappa shape index (κ1) is 16.6. The minimum Gasteiger partial charge on any atom is -0.470 e. The monoisotopic (exact) mass is 322 g/mol. The molecule has 0 bridgehead atoms. The van der Waals surface area contributed by atoms with Crippen LogP contribution in [0.25, 0.3) is 0 Å². The molecule has 8 heteroatoms. The Labute approximate surface area is 132 Å². The molecule has 2 aromatic heterocycles. The Balaban J connectivity index is 2.15. The van der Waals surface area contributed by atoms with Crippen LogP contribution < -0.4 is 15.0 Å². The van der Waals surface area contributed by atoms with E-state index in [-0.39, 0.29) is 17.3 Å². The molecule has 2 rings (SSSR count). The van der Waals surface area contributed by atoms with Gasteiger partial charge in [0, 0.05) is 32.2 Å². The third-order valence-corrected chi connectivity index (χ3v) is 2.86. The highest BCUT2D eigenvalue weighted by atomic mass is 19.3. The van der Waals surface area contributed by atoms with E-state index >= 15 is 0 Å². The van der Waals surface area contributed by atoms with Gasteiger partial charge in [-0.15, -0.1) is 0 Å². The van der Waals surface area contributed by atoms with Gasteiger partial charge < -0.3 is 15.0 Å². The number of nitrogens with one attached hydrogen (secondary N) is 1. The highest BCUT2D eigenvalue weighted by Gasteiger charge is 2.14. The van der Waals surface area contributed by atoms with Gasteiger partial charge in [-0.2, -0.15) is 0 Å². The van der Waals surface area contributed by atoms with E-state index in [9.17, 15) is 13.6 Å². The van der Waals surface area contributed by atoms with Crippen LogP contribution >= 0.6 is 0 Å². The molecular formula is C15H16F2N4O2. The lowest BCUT2D eigenvalue weighted by molar-refractivity contribution is 0.0799. The van der Waals surface area contributed by atoms with Crippen LogP contribution in [-0.4, -0.2) is 43.0 Å². The second-order valence-electron chi connectivity index (χ2n) is 4.81. The molecular weight excluding hydrogens is 306 g/mol. The van der Waals surface area contributed by atoms with Crippen molar-refractivity contribution in [3.8, 4) is 5.88 Å². The van der Waals surface area contributed by atoms with Crippen LogP contribution in [0.3, 0.4) is 0 Å². The summed E-state index contributed by atoms with van der Waals surface area (Å²) in [7, 11) is 3.68. The third kappa shape index (κ3) is 4.60. The number of amides is 1. The molecule has 0 radical (unpaired) electrons. The molecule has 122 valence electrons. The maximum absolute atomic E-state index is 12.3. The van der Waals surface area contributed by atoms with Gasteiger partial charge in [-0.3, -0.25) is 9.78 Å². The van der Waals surface area contributed by atoms with E-state index in [4.69, 9.17) is 4.74 Å². The quantitative estimate of drug-likeness (QED) is 0.885. The van der Waals surface area contributed by atoms with E-state index in [0.717, 1.165) is 5.69 Å². The molecule has 1 N–H and O–H groups in total. The molecule has 0 fully saturated rings. The van der Waals surface area contributed by atoms with E-state index in [1.54, 1.807) is 18.2 Å². The number of nitrogens with zero attached hydrogens (tertiary/aromatic N) is 3. The van der Waals surface area contributed by atoms with Gasteiger partial charge in [-0.05, 0) is 24.3 Å². The lowest BCUT2D eigenvalue weighted by Gasteiger charge is -2.13. The van der Waals surface area contributed by atoms with Gasteiger partial charge in [0.05, 0.1) is 0 Å². The predicted octanol–water partition coefficient (Wildman–Crippen LogP) is 2.44. The predicted molar refractivity (Wildman–Crippen MR) is 82.3 cm³/mol. The van der Waals surface area contributed by atoms with Crippen LogP contribution in [0.4, 0.5) is 20.2 Å². The summed E-state index contributed by atoms with van der Waals surface area (Å²) in [5, 5.41) is 2.56. The molecule has 0 aliphatic carbocycles. The molecule has 0 aromatic carbocycles. The van der Waals surface area contributed by atoms with Gasteiger partial charge >= 0.3 is 0 Å². The van der Waals surface area contributed by atoms with Gasteiger partial charge in [0.15, 0.2) is 6.61 Å². The summed E-state index contributed by atoms with van der Waals surface area (Å²) >= 11 is 0. The van der Waals surface area contributed by atoms with Crippen molar-refractivity contribution in [1.82, 2.24) is 9.97 Å². The van der Waals surface area contributed by atoms with E-state index in [1.165, 1.54) is 18.5 Å². The number of hydrogen-bond donors (Lipinski definition) is 1. The number of pyridine rings is 2. The van der Waals surface area contributed by atoms with Crippen LogP contribution in [0.5, 0.6) is 5.88 Å². The zero-order valence-corrected chi connectivity index (χ0v) is 12.7. The fraction of sp³-hybridized carbons (Fsp3) is 0.267. The fourth-order valence-corrected chi connectivity index (χ4v) is 1.75. The number of alkyl halides is 2. The van der Waals surface area contributed by atoms with E-state index in [0.29, 0.717) is 0 Å². The Hall–Kier alpha value is -2.77. The van der Waals surface area contributed by atoms with Gasteiger partial charge in [-0.25, -0.2) is 13.8 Å². The molecule has 1 amide bonds. The summed E-state index contributed by atoms with van der Waals surface area (Å²) in [6, 6.07) is 6.46. The van der Waals surface area contributed by atoms with E-state index in [2.05, 4.69) is 15.3 Å². The minimum atomic E-state index is -2.63. The Morgan fingerprint density at radius 2 is 2.09 bits per heavy atom. The van der Waals surface area contributed by atoms with Gasteiger partial charge in [0.2, 0.25) is 5.88 Å². The largest absolute Gasteiger partial charge is 0.470 e. The van der Waals surface area contributed by atoms with Crippen molar-refractivity contribution in [3.63, 3.8) is 0 Å². The number of anilines is 2. The molecule has 0 aliphatic rings. The molecule has 23 heavy (non-hydrogen) atoms. The van der Waals surface area contributed by atoms with E-state index in [1.807, 2.05) is 19.0 Å². The molecule has 0 atom stereocenters. The number of hydrogen-bond acceptors (Lipinski definition) is 5. The standard InChI is InChI=1S/C15H16F2N4O2/c1-21(2)10-5-7-18-12(8-10)14(22)20-11-4-3-6-19-15(11)23-9-13(16)17/h3-8,13H,9H2,1-2H3,(H,20,22). The van der Waals surface area contributed by atoms with Crippen molar-refractivity contribution in [3.05, 3.63) is 42.4 Å². The molecule has 0 saturated heterocycles. The molecule has 2 heterocycles. The number of carbonyl (C=O) groups is 1. The average molecular weight is 322 g/mol. The zero-order chi connectivity index (χ0) is 16.8. The Morgan fingerprint density at radius 1 is 1.30 bits per heavy atom. The second kappa shape index (κ2) is 7.48. The normalized spacial score (nSPS) is 10.5. The summed E-state index contributed by atoms with van der Waals surface area (Å²) in [6.07, 6.45) is 0.280. The fourth-order valence-electron chi connectivity index (χ4n) is 1.75. The van der Waals surface area contributed by atoms with Crippen molar-refractivity contribution in [1.29, 1.82) is 0 Å². The summed E-state index contributed by atoms with van der Waals surface area (Å²) in [5.41, 5.74) is 1.21. The van der Waals surface area contributed by atoms with Gasteiger partial charge in [-0.1, -0.05) is 0 Å². The van der Waals surface area contributed by atoms with E-state index < -0.39 is 18.9 Å². The first-order valence-electron chi connectivity index (χ1n) is 6.78. The van der Waals surface area contributed by atoms with Crippen molar-refractivity contribution in [2.45, 2.75) is 6.43 Å². The highest BCUT2D eigenvalue weighted by Crippen LogP contribution is 2.22. The molecule has 0 unspecified atom stereocenters. The van der Waals surface area contributed by atoms with Crippen LogP contribution in [0.15, 0.2) is 36.7 Å². The Bertz CT molecular complexity index is 680. The molecule has 6 nitrogen and oxygen atoms in total. The highest BCUT2D eigenvalue weighted by molar-refractivity contribution is 6.03. The van der Waals surface area contributed by atoms with Crippen LogP contribution in [-0.2, 0) is 0 Å². The smallest absolute Gasteiger partial charge is 0.274 e. The van der Waals surface area contributed by atoms with Crippen LogP contribution in [0.2, 0.25) is 0 Å². The second-order valence-corrected chi connectivity index (χ2v) is 4.81. The van der Waals surface area contributed by atoms with Crippen molar-refractivity contribution < 1.29 is 18.3 Å². The average Bonchev–Trinajstić information content (AvgIpc) is 2.54. The third-order valence-electron chi connectivity index (χ3n) is 2.86. The minimum absolute atomic E-state index is 0.0649. The van der Waals surface area contributed by atoms with Gasteiger partial charge in [0.1, 0.15) is 11.4 Å². The first-order valence-corrected chi connectivity index (χ1v) is 6.78. The topological polar surface area (TPSA) is 67.4 Å². The van der Waals surface area contributed by atoms with Crippen molar-refractivity contribution in [2.75, 3.05) is 30.9 Å². The van der Waals surface area contributed by atoms with Gasteiger partial charge in [0.25, 0.3) is 12.3 Å². The number of aromatic nitrogens is 2. The van der Waals surface area contributed by atoms with Crippen LogP contribution in [0, 0.1) is 0 Å². The summed E-state index contributed by atoms with van der Waals surface area (Å²) < 4.78 is 29.4. The first-order chi connectivity index (χ1) is 11.0. The van der Waals surface area contributed by atoms with Crippen molar-refractivity contribution in [2.24, 2.45) is 0 Å². The Morgan fingerprint density at radius 3 is 2.78 bits per heavy atom. The lowest BCUT2D eigenvalue weighted by atomic mass is 10.3. The van der Waals surface area contributed by atoms with Crippen LogP contribution in [0.1, 0.15) is 10.5 Å². The summed E-state index contributed by atoms with van der Waals surface area (Å²) in [6.45, 7) is -0.797. The Kier molecular flexibility index (Phi) is 5.40. The summed E-state index contributed by atoms with van der Waals surface area (Å²) in [4.78, 5) is 21.9. The zero-order valence-electron chi connectivity index (χ0n) is 12.7. The number of ether oxygens (including phenoxy) is 1.